The number of halogens is 1. The molecule has 0 atom stereocenters. The third kappa shape index (κ3) is 7.05. The number of ether oxygens (including phenoxy) is 1. The minimum absolute atomic E-state index is 0. The van der Waals surface area contributed by atoms with E-state index in [1.807, 2.05) is 20.3 Å². The van der Waals surface area contributed by atoms with Gasteiger partial charge in [-0.15, -0.1) is 12.4 Å². The van der Waals surface area contributed by atoms with Crippen LogP contribution in [0.15, 0.2) is 18.3 Å². The van der Waals surface area contributed by atoms with Crippen LogP contribution in [0.25, 0.3) is 0 Å². The number of nitrogens with zero attached hydrogens (tertiary/aromatic N) is 3. The van der Waals surface area contributed by atoms with Crippen molar-refractivity contribution in [1.29, 1.82) is 0 Å². The van der Waals surface area contributed by atoms with Crippen molar-refractivity contribution in [3.05, 3.63) is 23.9 Å². The standard InChI is InChI=1S/C14H26N4O.ClH/c1-15-7-8-17(2)12-13-5-6-14(16-11-13)18(3)9-10-19-4;/h5-6,11,15H,7-10,12H2,1-4H3;1H. The van der Waals surface area contributed by atoms with Crippen LogP contribution in [0.2, 0.25) is 0 Å². The normalized spacial score (nSPS) is 10.4. The number of nitrogens with one attached hydrogen (secondary N) is 1. The van der Waals surface area contributed by atoms with E-state index in [2.05, 4.69) is 39.3 Å². The monoisotopic (exact) mass is 302 g/mol. The lowest BCUT2D eigenvalue weighted by molar-refractivity contribution is 0.206. The molecule has 0 aliphatic carbocycles. The van der Waals surface area contributed by atoms with Crippen molar-refractivity contribution in [1.82, 2.24) is 15.2 Å². The predicted octanol–water partition coefficient (Wildman–Crippen LogP) is 1.24. The highest BCUT2D eigenvalue weighted by molar-refractivity contribution is 5.85. The number of methoxy groups -OCH3 is 1. The van der Waals surface area contributed by atoms with Crippen molar-refractivity contribution in [3.8, 4) is 0 Å². The minimum atomic E-state index is 0. The maximum Gasteiger partial charge on any atom is 0.128 e. The average Bonchev–Trinajstić information content (AvgIpc) is 2.43. The van der Waals surface area contributed by atoms with Gasteiger partial charge in [0.25, 0.3) is 0 Å². The molecule has 0 aliphatic heterocycles. The van der Waals surface area contributed by atoms with Gasteiger partial charge in [0.15, 0.2) is 0 Å². The molecule has 5 nitrogen and oxygen atoms in total. The summed E-state index contributed by atoms with van der Waals surface area (Å²) in [6.45, 7) is 4.53. The lowest BCUT2D eigenvalue weighted by Crippen LogP contribution is -2.27. The molecular weight excluding hydrogens is 276 g/mol. The van der Waals surface area contributed by atoms with Crippen molar-refractivity contribution in [2.24, 2.45) is 0 Å². The van der Waals surface area contributed by atoms with Gasteiger partial charge in [-0.2, -0.15) is 0 Å². The Kier molecular flexibility index (Phi) is 10.4. The second-order valence-corrected chi connectivity index (χ2v) is 4.78. The summed E-state index contributed by atoms with van der Waals surface area (Å²) in [5.74, 6) is 0.985. The molecule has 1 aromatic rings. The van der Waals surface area contributed by atoms with Gasteiger partial charge in [-0.3, -0.25) is 0 Å². The van der Waals surface area contributed by atoms with Crippen molar-refractivity contribution in [2.75, 3.05) is 59.4 Å². The van der Waals surface area contributed by atoms with Crippen molar-refractivity contribution in [2.45, 2.75) is 6.54 Å². The molecule has 0 amide bonds. The van der Waals surface area contributed by atoms with E-state index >= 15 is 0 Å². The number of hydrogen-bond donors (Lipinski definition) is 1. The SMILES string of the molecule is CNCCN(C)Cc1ccc(N(C)CCOC)nc1.Cl. The molecular formula is C14H27ClN4O. The first-order valence-corrected chi connectivity index (χ1v) is 6.65. The fourth-order valence-corrected chi connectivity index (χ4v) is 1.77. The highest BCUT2D eigenvalue weighted by Crippen LogP contribution is 2.10. The predicted molar refractivity (Wildman–Crippen MR) is 86.9 cm³/mol. The zero-order valence-electron chi connectivity index (χ0n) is 12.9. The van der Waals surface area contributed by atoms with E-state index in [0.717, 1.165) is 32.0 Å². The highest BCUT2D eigenvalue weighted by Gasteiger charge is 2.04. The molecule has 0 saturated heterocycles. The van der Waals surface area contributed by atoms with Crippen LogP contribution in [-0.4, -0.2) is 64.4 Å². The van der Waals surface area contributed by atoms with E-state index in [1.54, 1.807) is 7.11 Å². The summed E-state index contributed by atoms with van der Waals surface area (Å²) in [7, 11) is 7.83. The molecule has 20 heavy (non-hydrogen) atoms. The molecule has 0 unspecified atom stereocenters. The van der Waals surface area contributed by atoms with E-state index in [-0.39, 0.29) is 12.4 Å². The molecule has 1 heterocycles. The zero-order chi connectivity index (χ0) is 14.1. The van der Waals surface area contributed by atoms with Gasteiger partial charge in [-0.05, 0) is 25.7 Å². The molecule has 0 saturated carbocycles. The van der Waals surface area contributed by atoms with Crippen LogP contribution >= 0.6 is 12.4 Å². The lowest BCUT2D eigenvalue weighted by Gasteiger charge is -2.19. The van der Waals surface area contributed by atoms with Gasteiger partial charge in [0.2, 0.25) is 0 Å². The Balaban J connectivity index is 0.00000361. The first kappa shape index (κ1) is 19.1. The van der Waals surface area contributed by atoms with Gasteiger partial charge < -0.3 is 19.9 Å². The second-order valence-electron chi connectivity index (χ2n) is 4.78. The fourth-order valence-electron chi connectivity index (χ4n) is 1.77. The van der Waals surface area contributed by atoms with E-state index < -0.39 is 0 Å². The van der Waals surface area contributed by atoms with Crippen molar-refractivity contribution >= 4 is 18.2 Å². The second kappa shape index (κ2) is 10.9. The summed E-state index contributed by atoms with van der Waals surface area (Å²) in [6.07, 6.45) is 1.95. The van der Waals surface area contributed by atoms with Crippen LogP contribution in [0.1, 0.15) is 5.56 Å². The Labute approximate surface area is 128 Å². The number of hydrogen-bond acceptors (Lipinski definition) is 5. The van der Waals surface area contributed by atoms with Crippen LogP contribution in [-0.2, 0) is 11.3 Å². The Morgan fingerprint density at radius 1 is 1.25 bits per heavy atom. The Hall–Kier alpha value is -0.880. The third-order valence-electron chi connectivity index (χ3n) is 3.03. The molecule has 1 rings (SSSR count). The highest BCUT2D eigenvalue weighted by atomic mass is 35.5. The molecule has 0 radical (unpaired) electrons. The quantitative estimate of drug-likeness (QED) is 0.743. The zero-order valence-corrected chi connectivity index (χ0v) is 13.7. The molecule has 6 heteroatoms. The molecule has 116 valence electrons. The summed E-state index contributed by atoms with van der Waals surface area (Å²) in [5, 5.41) is 3.15. The summed E-state index contributed by atoms with van der Waals surface area (Å²) in [6, 6.07) is 4.21. The number of likely N-dealkylation sites (N-methyl/N-ethyl adjacent to an activating group) is 3. The van der Waals surface area contributed by atoms with E-state index in [9.17, 15) is 0 Å². The van der Waals surface area contributed by atoms with Crippen LogP contribution < -0.4 is 10.2 Å². The fraction of sp³-hybridized carbons (Fsp3) is 0.643. The first-order chi connectivity index (χ1) is 9.17. The first-order valence-electron chi connectivity index (χ1n) is 6.65. The number of anilines is 1. The molecule has 1 N–H and O–H groups in total. The number of aromatic nitrogens is 1. The lowest BCUT2D eigenvalue weighted by atomic mass is 10.2. The summed E-state index contributed by atoms with van der Waals surface area (Å²) >= 11 is 0. The van der Waals surface area contributed by atoms with Gasteiger partial charge in [-0.25, -0.2) is 4.98 Å². The van der Waals surface area contributed by atoms with Crippen molar-refractivity contribution in [3.63, 3.8) is 0 Å². The van der Waals surface area contributed by atoms with E-state index in [4.69, 9.17) is 4.74 Å². The minimum Gasteiger partial charge on any atom is -0.383 e. The summed E-state index contributed by atoms with van der Waals surface area (Å²) in [4.78, 5) is 8.87. The van der Waals surface area contributed by atoms with Gasteiger partial charge in [0.1, 0.15) is 5.82 Å². The average molecular weight is 303 g/mol. The van der Waals surface area contributed by atoms with Crippen LogP contribution in [0.4, 0.5) is 5.82 Å². The molecule has 0 fully saturated rings. The maximum absolute atomic E-state index is 5.07. The van der Waals surface area contributed by atoms with E-state index in [0.29, 0.717) is 6.61 Å². The van der Waals surface area contributed by atoms with Gasteiger partial charge in [0, 0.05) is 46.5 Å². The van der Waals surface area contributed by atoms with Gasteiger partial charge in [-0.1, -0.05) is 6.07 Å². The maximum atomic E-state index is 5.07. The molecule has 0 spiro atoms. The molecule has 0 aromatic carbocycles. The van der Waals surface area contributed by atoms with Crippen molar-refractivity contribution < 1.29 is 4.74 Å². The molecule has 0 aliphatic rings. The Morgan fingerprint density at radius 3 is 2.55 bits per heavy atom. The van der Waals surface area contributed by atoms with Crippen LogP contribution in [0.3, 0.4) is 0 Å². The van der Waals surface area contributed by atoms with Gasteiger partial charge in [0.05, 0.1) is 6.61 Å². The van der Waals surface area contributed by atoms with Crippen LogP contribution in [0.5, 0.6) is 0 Å². The number of rotatable bonds is 9. The summed E-state index contributed by atoms with van der Waals surface area (Å²) < 4.78 is 5.07. The molecule has 1 aromatic heterocycles. The van der Waals surface area contributed by atoms with E-state index in [1.165, 1.54) is 5.56 Å². The third-order valence-corrected chi connectivity index (χ3v) is 3.03. The largest absolute Gasteiger partial charge is 0.383 e. The number of pyridine rings is 1. The van der Waals surface area contributed by atoms with Crippen LogP contribution in [0, 0.1) is 0 Å². The topological polar surface area (TPSA) is 40.6 Å². The Bertz CT molecular complexity index is 348. The smallest absolute Gasteiger partial charge is 0.128 e. The Morgan fingerprint density at radius 2 is 2.00 bits per heavy atom. The van der Waals surface area contributed by atoms with Gasteiger partial charge >= 0.3 is 0 Å². The molecule has 0 bridgehead atoms. The summed E-state index contributed by atoms with van der Waals surface area (Å²) in [5.41, 5.74) is 1.24.